The molecule has 5 nitrogen and oxygen atoms in total. The minimum Gasteiger partial charge on any atom is -0.466 e. The molecule has 1 atom stereocenters. The van der Waals surface area contributed by atoms with E-state index in [0.29, 0.717) is 17.1 Å². The van der Waals surface area contributed by atoms with Gasteiger partial charge in [0, 0.05) is 17.7 Å². The number of hydrogen-bond donors (Lipinski definition) is 2. The van der Waals surface area contributed by atoms with Crippen molar-refractivity contribution in [2.24, 2.45) is 0 Å². The summed E-state index contributed by atoms with van der Waals surface area (Å²) in [6, 6.07) is 7.35. The van der Waals surface area contributed by atoms with Crippen molar-refractivity contribution in [3.8, 4) is 0 Å². The summed E-state index contributed by atoms with van der Waals surface area (Å²) in [7, 11) is -3.78. The van der Waals surface area contributed by atoms with Gasteiger partial charge in [0.1, 0.15) is 22.9 Å². The summed E-state index contributed by atoms with van der Waals surface area (Å²) >= 11 is 0. The van der Waals surface area contributed by atoms with Crippen LogP contribution in [-0.4, -0.2) is 20.1 Å². The fraction of sp³-hybridized carbons (Fsp3) is 0.375. The van der Waals surface area contributed by atoms with Crippen molar-refractivity contribution in [1.82, 2.24) is 4.72 Å². The minimum atomic E-state index is -3.78. The molecular formula is C16H20FNO4S. The predicted molar refractivity (Wildman–Crippen MR) is 84.8 cm³/mol. The van der Waals surface area contributed by atoms with Crippen LogP contribution < -0.4 is 4.72 Å². The van der Waals surface area contributed by atoms with Crippen LogP contribution in [0.15, 0.2) is 34.7 Å². The van der Waals surface area contributed by atoms with Crippen molar-refractivity contribution in [3.05, 3.63) is 58.8 Å². The molecule has 2 rings (SSSR count). The maximum absolute atomic E-state index is 13.6. The van der Waals surface area contributed by atoms with Crippen molar-refractivity contribution in [1.29, 1.82) is 0 Å². The van der Waals surface area contributed by atoms with E-state index in [0.717, 1.165) is 0 Å². The third-order valence-electron chi connectivity index (χ3n) is 3.56. The summed E-state index contributed by atoms with van der Waals surface area (Å²) in [4.78, 5) is 0. The molecule has 2 aromatic rings. The molecule has 0 amide bonds. The molecule has 0 radical (unpaired) electrons. The van der Waals surface area contributed by atoms with Crippen LogP contribution in [0, 0.1) is 19.7 Å². The normalized spacial score (nSPS) is 14.7. The number of rotatable bonds is 6. The Morgan fingerprint density at radius 1 is 1.30 bits per heavy atom. The number of furan rings is 1. The molecule has 7 heteroatoms. The quantitative estimate of drug-likeness (QED) is 0.845. The number of aryl methyl sites for hydroxylation is 2. The zero-order chi connectivity index (χ0) is 17.3. The third kappa shape index (κ3) is 4.40. The van der Waals surface area contributed by atoms with Gasteiger partial charge in [0.05, 0.1) is 5.75 Å². The predicted octanol–water partition coefficient (Wildman–Crippen LogP) is 2.36. The van der Waals surface area contributed by atoms with Gasteiger partial charge in [-0.1, -0.05) is 18.2 Å². The van der Waals surface area contributed by atoms with Crippen molar-refractivity contribution < 1.29 is 22.3 Å². The number of aliphatic hydroxyl groups is 1. The molecule has 0 fully saturated rings. The maximum atomic E-state index is 13.6. The summed E-state index contributed by atoms with van der Waals surface area (Å²) in [6.45, 7) is 4.71. The summed E-state index contributed by atoms with van der Waals surface area (Å²) in [5.74, 6) is 0.0952. The number of benzene rings is 1. The molecule has 0 bridgehead atoms. The Hall–Kier alpha value is -1.70. The van der Waals surface area contributed by atoms with Crippen LogP contribution in [0.2, 0.25) is 0 Å². The first kappa shape index (κ1) is 17.7. The smallest absolute Gasteiger partial charge is 0.215 e. The topological polar surface area (TPSA) is 79.5 Å². The lowest BCUT2D eigenvalue weighted by Gasteiger charge is -2.23. The highest BCUT2D eigenvalue weighted by Crippen LogP contribution is 2.26. The van der Waals surface area contributed by atoms with Gasteiger partial charge in [0.2, 0.25) is 10.0 Å². The highest BCUT2D eigenvalue weighted by molar-refractivity contribution is 7.88. The van der Waals surface area contributed by atoms with Crippen molar-refractivity contribution in [2.75, 3.05) is 6.54 Å². The molecule has 2 N–H and O–H groups in total. The molecule has 0 aliphatic rings. The van der Waals surface area contributed by atoms with Crippen LogP contribution in [0.5, 0.6) is 0 Å². The van der Waals surface area contributed by atoms with Gasteiger partial charge in [0.25, 0.3) is 0 Å². The van der Waals surface area contributed by atoms with Gasteiger partial charge in [-0.15, -0.1) is 0 Å². The molecule has 0 spiro atoms. The van der Waals surface area contributed by atoms with Gasteiger partial charge < -0.3 is 9.52 Å². The summed E-state index contributed by atoms with van der Waals surface area (Å²) in [6.07, 6.45) is 0. The van der Waals surface area contributed by atoms with E-state index in [2.05, 4.69) is 4.72 Å². The lowest BCUT2D eigenvalue weighted by atomic mass is 9.97. The van der Waals surface area contributed by atoms with Gasteiger partial charge in [-0.2, -0.15) is 0 Å². The lowest BCUT2D eigenvalue weighted by molar-refractivity contribution is 0.0612. The molecule has 0 saturated heterocycles. The van der Waals surface area contributed by atoms with E-state index in [1.165, 1.54) is 25.1 Å². The number of hydrogen-bond acceptors (Lipinski definition) is 4. The maximum Gasteiger partial charge on any atom is 0.215 e. The van der Waals surface area contributed by atoms with Crippen molar-refractivity contribution >= 4 is 10.0 Å². The van der Waals surface area contributed by atoms with E-state index >= 15 is 0 Å². The Balaban J connectivity index is 2.09. The SMILES string of the molecule is Cc1cc(C(C)(O)CNS(=O)(=O)Cc2ccccc2F)c(C)o1. The molecule has 1 aromatic heterocycles. The second kappa shape index (κ2) is 6.43. The van der Waals surface area contributed by atoms with Gasteiger partial charge in [-0.25, -0.2) is 17.5 Å². The molecule has 1 unspecified atom stereocenters. The Kier molecular flexibility index (Phi) is 4.93. The first-order valence-corrected chi connectivity index (χ1v) is 8.76. The Morgan fingerprint density at radius 2 is 1.96 bits per heavy atom. The second-order valence-electron chi connectivity index (χ2n) is 5.77. The van der Waals surface area contributed by atoms with E-state index in [9.17, 15) is 17.9 Å². The Morgan fingerprint density at radius 3 is 2.52 bits per heavy atom. The molecule has 0 saturated carbocycles. The molecule has 1 heterocycles. The average molecular weight is 341 g/mol. The van der Waals surface area contributed by atoms with Crippen LogP contribution in [0.3, 0.4) is 0 Å². The molecule has 0 aliphatic carbocycles. The van der Waals surface area contributed by atoms with Crippen LogP contribution in [-0.2, 0) is 21.4 Å². The highest BCUT2D eigenvalue weighted by Gasteiger charge is 2.29. The van der Waals surface area contributed by atoms with Gasteiger partial charge >= 0.3 is 0 Å². The number of sulfonamides is 1. The van der Waals surface area contributed by atoms with E-state index < -0.39 is 27.2 Å². The van der Waals surface area contributed by atoms with E-state index in [-0.39, 0.29) is 12.1 Å². The van der Waals surface area contributed by atoms with Crippen LogP contribution in [0.25, 0.3) is 0 Å². The highest BCUT2D eigenvalue weighted by atomic mass is 32.2. The number of nitrogens with one attached hydrogen (secondary N) is 1. The van der Waals surface area contributed by atoms with Crippen LogP contribution >= 0.6 is 0 Å². The fourth-order valence-electron chi connectivity index (χ4n) is 2.38. The molecule has 126 valence electrons. The van der Waals surface area contributed by atoms with Crippen molar-refractivity contribution in [3.63, 3.8) is 0 Å². The second-order valence-corrected chi connectivity index (χ2v) is 7.58. The summed E-state index contributed by atoms with van der Waals surface area (Å²) in [5, 5.41) is 10.5. The van der Waals surface area contributed by atoms with Crippen LogP contribution in [0.4, 0.5) is 4.39 Å². The van der Waals surface area contributed by atoms with E-state index in [1.807, 2.05) is 0 Å². The first-order valence-electron chi connectivity index (χ1n) is 7.11. The van der Waals surface area contributed by atoms with E-state index in [4.69, 9.17) is 4.42 Å². The molecular weight excluding hydrogens is 321 g/mol. The Labute approximate surface area is 135 Å². The van der Waals surface area contributed by atoms with Gasteiger partial charge in [-0.3, -0.25) is 0 Å². The van der Waals surface area contributed by atoms with Crippen LogP contribution in [0.1, 0.15) is 29.6 Å². The Bertz CT molecular complexity index is 796. The molecule has 23 heavy (non-hydrogen) atoms. The van der Waals surface area contributed by atoms with Crippen molar-refractivity contribution in [2.45, 2.75) is 32.1 Å². The summed E-state index contributed by atoms with van der Waals surface area (Å²) in [5.41, 5.74) is -0.831. The zero-order valence-electron chi connectivity index (χ0n) is 13.3. The third-order valence-corrected chi connectivity index (χ3v) is 4.84. The zero-order valence-corrected chi connectivity index (χ0v) is 14.1. The first-order chi connectivity index (χ1) is 10.6. The largest absolute Gasteiger partial charge is 0.466 e. The number of halogens is 1. The summed E-state index contributed by atoms with van der Waals surface area (Å²) < 4.78 is 45.5. The standard InChI is InChI=1S/C16H20FNO4S/c1-11-8-14(12(2)22-11)16(3,19)10-18-23(20,21)9-13-6-4-5-7-15(13)17/h4-8,18-19H,9-10H2,1-3H3. The van der Waals surface area contributed by atoms with E-state index in [1.54, 1.807) is 26.0 Å². The minimum absolute atomic E-state index is 0.0787. The van der Waals surface area contributed by atoms with Gasteiger partial charge in [0.15, 0.2) is 0 Å². The van der Waals surface area contributed by atoms with Gasteiger partial charge in [-0.05, 0) is 32.9 Å². The molecule has 0 aliphatic heterocycles. The molecule has 1 aromatic carbocycles. The monoisotopic (exact) mass is 341 g/mol. The lowest BCUT2D eigenvalue weighted by Crippen LogP contribution is -2.39. The fourth-order valence-corrected chi connectivity index (χ4v) is 3.63. The average Bonchev–Trinajstić information content (AvgIpc) is 2.79.